The Labute approximate surface area is 140 Å². The van der Waals surface area contributed by atoms with Gasteiger partial charge in [-0.2, -0.15) is 0 Å². The van der Waals surface area contributed by atoms with E-state index in [1.54, 1.807) is 0 Å². The molecule has 0 saturated carbocycles. The number of piperidine rings is 1. The number of nitrogens with one attached hydrogen (secondary N) is 3. The van der Waals surface area contributed by atoms with Gasteiger partial charge in [-0.1, -0.05) is 24.3 Å². The van der Waals surface area contributed by atoms with Crippen molar-refractivity contribution in [2.24, 2.45) is 0 Å². The van der Waals surface area contributed by atoms with Gasteiger partial charge in [0.1, 0.15) is 0 Å². The Morgan fingerprint density at radius 1 is 1.17 bits per heavy atom. The Morgan fingerprint density at radius 2 is 1.74 bits per heavy atom. The van der Waals surface area contributed by atoms with Gasteiger partial charge in [0, 0.05) is 17.1 Å². The third kappa shape index (κ3) is 4.96. The molecule has 128 valence electrons. The highest BCUT2D eigenvalue weighted by Crippen LogP contribution is 2.28. The first-order chi connectivity index (χ1) is 10.6. The van der Waals surface area contributed by atoms with E-state index >= 15 is 0 Å². The van der Waals surface area contributed by atoms with Gasteiger partial charge in [-0.3, -0.25) is 0 Å². The summed E-state index contributed by atoms with van der Waals surface area (Å²) in [5.74, 6) is 0. The second-order valence-corrected chi connectivity index (χ2v) is 8.19. The lowest BCUT2D eigenvalue weighted by Crippen LogP contribution is -2.62. The molecule has 0 bridgehead atoms. The van der Waals surface area contributed by atoms with Gasteiger partial charge in [0.2, 0.25) is 0 Å². The van der Waals surface area contributed by atoms with E-state index in [0.29, 0.717) is 0 Å². The third-order valence-corrected chi connectivity index (χ3v) is 4.53. The molecule has 1 aromatic rings. The number of hydrogen-bond acceptors (Lipinski definition) is 2. The highest BCUT2D eigenvalue weighted by Gasteiger charge is 2.38. The minimum atomic E-state index is -0.0840. The molecule has 1 unspecified atom stereocenters. The zero-order valence-electron chi connectivity index (χ0n) is 15.3. The lowest BCUT2D eigenvalue weighted by atomic mass is 9.80. The molecule has 1 atom stereocenters. The molecule has 0 spiro atoms. The predicted molar refractivity (Wildman–Crippen MR) is 95.6 cm³/mol. The minimum absolute atomic E-state index is 0.000985. The van der Waals surface area contributed by atoms with Crippen molar-refractivity contribution in [3.63, 3.8) is 0 Å². The maximum Gasteiger partial charge on any atom is 0.315 e. The van der Waals surface area contributed by atoms with Gasteiger partial charge in [-0.25, -0.2) is 4.79 Å². The number of hydrogen-bond donors (Lipinski definition) is 3. The number of benzene rings is 1. The van der Waals surface area contributed by atoms with E-state index in [1.165, 1.54) is 5.56 Å². The summed E-state index contributed by atoms with van der Waals surface area (Å²) in [5.41, 5.74) is 2.42. The Morgan fingerprint density at radius 3 is 2.30 bits per heavy atom. The van der Waals surface area contributed by atoms with Crippen LogP contribution in [0.1, 0.15) is 64.6 Å². The first-order valence-corrected chi connectivity index (χ1v) is 8.50. The van der Waals surface area contributed by atoms with E-state index in [2.05, 4.69) is 62.7 Å². The average Bonchev–Trinajstić information content (AvgIpc) is 2.34. The number of aryl methyl sites for hydroxylation is 1. The summed E-state index contributed by atoms with van der Waals surface area (Å²) in [6, 6.07) is 8.27. The van der Waals surface area contributed by atoms with Gasteiger partial charge in [0.25, 0.3) is 0 Å². The molecule has 1 saturated heterocycles. The van der Waals surface area contributed by atoms with Crippen molar-refractivity contribution in [1.29, 1.82) is 0 Å². The first kappa shape index (κ1) is 17.8. The summed E-state index contributed by atoms with van der Waals surface area (Å²) >= 11 is 0. The van der Waals surface area contributed by atoms with Crippen molar-refractivity contribution < 1.29 is 4.79 Å². The topological polar surface area (TPSA) is 53.2 Å². The van der Waals surface area contributed by atoms with Gasteiger partial charge < -0.3 is 16.0 Å². The molecule has 0 radical (unpaired) electrons. The van der Waals surface area contributed by atoms with E-state index in [9.17, 15) is 4.79 Å². The molecule has 1 heterocycles. The molecule has 4 heteroatoms. The van der Waals surface area contributed by atoms with Crippen LogP contribution in [-0.2, 0) is 0 Å². The molecule has 1 aliphatic rings. The standard InChI is InChI=1S/C19H31N3O/c1-13-9-7-8-10-16(13)14(2)20-17(23)21-15-11-18(3,4)22-19(5,6)12-15/h7-10,14-15,22H,11-12H2,1-6H3,(H2,20,21,23). The quantitative estimate of drug-likeness (QED) is 0.797. The van der Waals surface area contributed by atoms with Crippen LogP contribution in [0.2, 0.25) is 0 Å². The Bertz CT molecular complexity index is 549. The fraction of sp³-hybridized carbons (Fsp3) is 0.632. The highest BCUT2D eigenvalue weighted by atomic mass is 16.2. The normalized spacial score (nSPS) is 21.5. The van der Waals surface area contributed by atoms with Crippen LogP contribution >= 0.6 is 0 Å². The molecule has 2 amide bonds. The Hall–Kier alpha value is -1.55. The SMILES string of the molecule is Cc1ccccc1C(C)NC(=O)NC1CC(C)(C)NC(C)(C)C1. The summed E-state index contributed by atoms with van der Waals surface area (Å²) in [6.07, 6.45) is 1.87. The van der Waals surface area contributed by atoms with Crippen LogP contribution < -0.4 is 16.0 Å². The van der Waals surface area contributed by atoms with Crippen molar-refractivity contribution in [3.8, 4) is 0 Å². The van der Waals surface area contributed by atoms with Gasteiger partial charge in [0.15, 0.2) is 0 Å². The summed E-state index contributed by atoms with van der Waals surface area (Å²) < 4.78 is 0. The molecule has 4 nitrogen and oxygen atoms in total. The summed E-state index contributed by atoms with van der Waals surface area (Å²) in [5, 5.41) is 9.87. The van der Waals surface area contributed by atoms with Crippen LogP contribution in [0.15, 0.2) is 24.3 Å². The number of amides is 2. The molecule has 3 N–H and O–H groups in total. The number of carbonyl (C=O) groups is 1. The zero-order chi connectivity index (χ0) is 17.3. The molecule has 1 aliphatic heterocycles. The van der Waals surface area contributed by atoms with E-state index in [-0.39, 0.29) is 29.2 Å². The van der Waals surface area contributed by atoms with Crippen molar-refractivity contribution in [2.45, 2.75) is 77.5 Å². The predicted octanol–water partition coefficient (Wildman–Crippen LogP) is 3.66. The van der Waals surface area contributed by atoms with Crippen LogP contribution in [0.25, 0.3) is 0 Å². The molecular formula is C19H31N3O. The monoisotopic (exact) mass is 317 g/mol. The van der Waals surface area contributed by atoms with Crippen LogP contribution in [0.3, 0.4) is 0 Å². The largest absolute Gasteiger partial charge is 0.335 e. The van der Waals surface area contributed by atoms with Gasteiger partial charge in [-0.05, 0) is 65.5 Å². The molecule has 0 aliphatic carbocycles. The summed E-state index contributed by atoms with van der Waals surface area (Å²) in [6.45, 7) is 12.9. The Balaban J connectivity index is 1.95. The van der Waals surface area contributed by atoms with Crippen LogP contribution in [-0.4, -0.2) is 23.2 Å². The maximum atomic E-state index is 12.4. The van der Waals surface area contributed by atoms with Crippen molar-refractivity contribution in [3.05, 3.63) is 35.4 Å². The van der Waals surface area contributed by atoms with Crippen molar-refractivity contribution in [2.75, 3.05) is 0 Å². The molecule has 2 rings (SSSR count). The number of carbonyl (C=O) groups excluding carboxylic acids is 1. The summed E-state index contributed by atoms with van der Waals surface area (Å²) in [7, 11) is 0. The third-order valence-electron chi connectivity index (χ3n) is 4.53. The van der Waals surface area contributed by atoms with Crippen molar-refractivity contribution >= 4 is 6.03 Å². The first-order valence-electron chi connectivity index (χ1n) is 8.50. The molecular weight excluding hydrogens is 286 g/mol. The van der Waals surface area contributed by atoms with Crippen LogP contribution in [0.4, 0.5) is 4.79 Å². The molecule has 1 fully saturated rings. The van der Waals surface area contributed by atoms with E-state index in [1.807, 2.05) is 19.1 Å². The van der Waals surface area contributed by atoms with Gasteiger partial charge in [0.05, 0.1) is 6.04 Å². The van der Waals surface area contributed by atoms with E-state index in [4.69, 9.17) is 0 Å². The fourth-order valence-corrected chi connectivity index (χ4v) is 4.00. The zero-order valence-corrected chi connectivity index (χ0v) is 15.3. The highest BCUT2D eigenvalue weighted by molar-refractivity contribution is 5.74. The van der Waals surface area contributed by atoms with Crippen LogP contribution in [0.5, 0.6) is 0 Å². The lowest BCUT2D eigenvalue weighted by Gasteiger charge is -2.46. The summed E-state index contributed by atoms with van der Waals surface area (Å²) in [4.78, 5) is 12.4. The average molecular weight is 317 g/mol. The number of urea groups is 1. The second kappa shape index (κ2) is 6.52. The second-order valence-electron chi connectivity index (χ2n) is 8.19. The lowest BCUT2D eigenvalue weighted by molar-refractivity contribution is 0.147. The Kier molecular flexibility index (Phi) is 5.04. The smallest absolute Gasteiger partial charge is 0.315 e. The maximum absolute atomic E-state index is 12.4. The number of rotatable bonds is 3. The van der Waals surface area contributed by atoms with Crippen LogP contribution in [0, 0.1) is 6.92 Å². The molecule has 23 heavy (non-hydrogen) atoms. The molecule has 0 aromatic heterocycles. The van der Waals surface area contributed by atoms with E-state index < -0.39 is 0 Å². The van der Waals surface area contributed by atoms with Gasteiger partial charge in [-0.15, -0.1) is 0 Å². The minimum Gasteiger partial charge on any atom is -0.335 e. The van der Waals surface area contributed by atoms with Gasteiger partial charge >= 0.3 is 6.03 Å². The van der Waals surface area contributed by atoms with Crippen molar-refractivity contribution in [1.82, 2.24) is 16.0 Å². The van der Waals surface area contributed by atoms with E-state index in [0.717, 1.165) is 18.4 Å². The molecule has 1 aromatic carbocycles. The fourth-order valence-electron chi connectivity index (χ4n) is 4.00.